The molecule has 1 aromatic carbocycles. The summed E-state index contributed by atoms with van der Waals surface area (Å²) in [5, 5.41) is 10.8. The Morgan fingerprint density at radius 3 is 2.29 bits per heavy atom. The number of rotatable bonds is 3. The van der Waals surface area contributed by atoms with Crippen molar-refractivity contribution in [2.45, 2.75) is 44.6 Å². The van der Waals surface area contributed by atoms with Crippen molar-refractivity contribution < 1.29 is 9.90 Å². The highest BCUT2D eigenvalue weighted by Crippen LogP contribution is 2.39. The third-order valence-corrected chi connectivity index (χ3v) is 3.95. The number of carbonyl (C=O) groups is 1. The van der Waals surface area contributed by atoms with Crippen LogP contribution in [0.2, 0.25) is 0 Å². The quantitative estimate of drug-likeness (QED) is 0.869. The fourth-order valence-corrected chi connectivity index (χ4v) is 2.94. The van der Waals surface area contributed by atoms with Crippen LogP contribution in [0.3, 0.4) is 0 Å². The zero-order valence-corrected chi connectivity index (χ0v) is 10.4. The topological polar surface area (TPSA) is 37.3 Å². The molecule has 92 valence electrons. The first-order valence-electron chi connectivity index (χ1n) is 6.44. The van der Waals surface area contributed by atoms with E-state index in [1.807, 2.05) is 30.3 Å². The lowest BCUT2D eigenvalue weighted by molar-refractivity contribution is -0.144. The second-order valence-electron chi connectivity index (χ2n) is 5.02. The van der Waals surface area contributed by atoms with Crippen LogP contribution in [0, 0.1) is 5.92 Å². The summed E-state index contributed by atoms with van der Waals surface area (Å²) < 4.78 is 0. The van der Waals surface area contributed by atoms with E-state index in [4.69, 9.17) is 0 Å². The Morgan fingerprint density at radius 1 is 1.18 bits per heavy atom. The van der Waals surface area contributed by atoms with Crippen molar-refractivity contribution in [2.75, 3.05) is 0 Å². The molecule has 0 bridgehead atoms. The summed E-state index contributed by atoms with van der Waals surface area (Å²) >= 11 is 0. The van der Waals surface area contributed by atoms with Gasteiger partial charge in [0.1, 0.15) is 0 Å². The molecule has 0 amide bonds. The summed E-state index contributed by atoms with van der Waals surface area (Å²) in [5.74, 6) is -0.0493. The van der Waals surface area contributed by atoms with E-state index in [-0.39, 0.29) is 11.7 Å². The normalized spacial score (nSPS) is 20.8. The fourth-order valence-electron chi connectivity index (χ4n) is 2.94. The van der Waals surface area contributed by atoms with Gasteiger partial charge in [-0.25, -0.2) is 0 Å². The molecule has 0 spiro atoms. The number of hydrogen-bond acceptors (Lipinski definition) is 2. The van der Waals surface area contributed by atoms with Gasteiger partial charge in [-0.1, -0.05) is 49.6 Å². The molecule has 1 fully saturated rings. The fraction of sp³-hybridized carbons (Fsp3) is 0.533. The Hall–Kier alpha value is -1.15. The first kappa shape index (κ1) is 12.3. The molecular formula is C15H20O2. The van der Waals surface area contributed by atoms with Gasteiger partial charge >= 0.3 is 0 Å². The Kier molecular flexibility index (Phi) is 3.63. The Bertz CT molecular complexity index is 379. The molecule has 1 atom stereocenters. The average molecular weight is 232 g/mol. The number of Topliss-reactive ketones (excluding diaryl/α,β-unsaturated/α-hetero) is 1. The summed E-state index contributed by atoms with van der Waals surface area (Å²) in [7, 11) is 0. The molecule has 0 aromatic heterocycles. The monoisotopic (exact) mass is 232 g/mol. The van der Waals surface area contributed by atoms with Gasteiger partial charge in [-0.2, -0.15) is 0 Å². The van der Waals surface area contributed by atoms with Crippen molar-refractivity contribution in [3.8, 4) is 0 Å². The smallest absolute Gasteiger partial charge is 0.166 e. The SMILES string of the molecule is CC(=O)[C@](O)(c1ccccc1)C1CCCCC1. The number of hydrogen-bond donors (Lipinski definition) is 1. The van der Waals surface area contributed by atoms with Gasteiger partial charge in [-0.15, -0.1) is 0 Å². The standard InChI is InChI=1S/C15H20O2/c1-12(16)15(17,13-8-4-2-5-9-13)14-10-6-3-7-11-14/h2,4-5,8-9,14,17H,3,6-7,10-11H2,1H3/t15-/m0/s1. The molecule has 1 saturated carbocycles. The summed E-state index contributed by atoms with van der Waals surface area (Å²) in [6.07, 6.45) is 5.36. The van der Waals surface area contributed by atoms with Crippen LogP contribution in [0.25, 0.3) is 0 Å². The van der Waals surface area contributed by atoms with Gasteiger partial charge in [0.2, 0.25) is 0 Å². The summed E-state index contributed by atoms with van der Waals surface area (Å²) in [5.41, 5.74) is -0.527. The lowest BCUT2D eigenvalue weighted by Gasteiger charge is -2.37. The van der Waals surface area contributed by atoms with E-state index in [1.165, 1.54) is 13.3 Å². The molecule has 0 saturated heterocycles. The molecule has 2 nitrogen and oxygen atoms in total. The molecule has 1 aromatic rings. The molecule has 0 unspecified atom stereocenters. The third-order valence-electron chi connectivity index (χ3n) is 3.95. The third kappa shape index (κ3) is 2.27. The zero-order chi connectivity index (χ0) is 12.3. The van der Waals surface area contributed by atoms with E-state index >= 15 is 0 Å². The predicted molar refractivity (Wildman–Crippen MR) is 67.6 cm³/mol. The number of ketones is 1. The molecule has 1 aliphatic carbocycles. The maximum Gasteiger partial charge on any atom is 0.166 e. The van der Waals surface area contributed by atoms with E-state index in [9.17, 15) is 9.90 Å². The Morgan fingerprint density at radius 2 is 1.76 bits per heavy atom. The molecule has 1 N–H and O–H groups in total. The van der Waals surface area contributed by atoms with Crippen LogP contribution in [0.15, 0.2) is 30.3 Å². The first-order chi connectivity index (χ1) is 8.15. The minimum absolute atomic E-state index is 0.0798. The van der Waals surface area contributed by atoms with Crippen molar-refractivity contribution in [3.63, 3.8) is 0 Å². The highest BCUT2D eigenvalue weighted by atomic mass is 16.3. The maximum absolute atomic E-state index is 11.9. The molecule has 17 heavy (non-hydrogen) atoms. The van der Waals surface area contributed by atoms with Crippen molar-refractivity contribution in [1.82, 2.24) is 0 Å². The van der Waals surface area contributed by atoms with E-state index < -0.39 is 5.60 Å². The minimum atomic E-state index is -1.28. The van der Waals surface area contributed by atoms with Gasteiger partial charge in [-0.3, -0.25) is 4.79 Å². The van der Waals surface area contributed by atoms with Gasteiger partial charge < -0.3 is 5.11 Å². The van der Waals surface area contributed by atoms with E-state index in [0.717, 1.165) is 31.2 Å². The molecule has 0 heterocycles. The van der Waals surface area contributed by atoms with Crippen LogP contribution in [0.1, 0.15) is 44.6 Å². The summed E-state index contributed by atoms with van der Waals surface area (Å²) in [6, 6.07) is 9.38. The van der Waals surface area contributed by atoms with Crippen molar-refractivity contribution in [2.24, 2.45) is 5.92 Å². The van der Waals surface area contributed by atoms with Gasteiger partial charge in [0, 0.05) is 0 Å². The van der Waals surface area contributed by atoms with Gasteiger partial charge in [-0.05, 0) is 31.2 Å². The van der Waals surface area contributed by atoms with Crippen LogP contribution in [0.4, 0.5) is 0 Å². The largest absolute Gasteiger partial charge is 0.377 e. The average Bonchev–Trinajstić information content (AvgIpc) is 2.39. The van der Waals surface area contributed by atoms with Crippen LogP contribution in [0.5, 0.6) is 0 Å². The lowest BCUT2D eigenvalue weighted by Crippen LogP contribution is -2.42. The minimum Gasteiger partial charge on any atom is -0.377 e. The van der Waals surface area contributed by atoms with E-state index in [0.29, 0.717) is 0 Å². The number of carbonyl (C=O) groups excluding carboxylic acids is 1. The van der Waals surface area contributed by atoms with Crippen LogP contribution in [-0.2, 0) is 10.4 Å². The molecular weight excluding hydrogens is 212 g/mol. The van der Waals surface area contributed by atoms with Crippen LogP contribution in [-0.4, -0.2) is 10.9 Å². The molecule has 2 rings (SSSR count). The summed E-state index contributed by atoms with van der Waals surface area (Å²) in [6.45, 7) is 1.50. The van der Waals surface area contributed by atoms with Gasteiger partial charge in [0.05, 0.1) is 0 Å². The van der Waals surface area contributed by atoms with Crippen molar-refractivity contribution in [1.29, 1.82) is 0 Å². The highest BCUT2D eigenvalue weighted by Gasteiger charge is 2.42. The molecule has 2 heteroatoms. The number of benzene rings is 1. The Balaban J connectivity index is 2.35. The van der Waals surface area contributed by atoms with Crippen molar-refractivity contribution in [3.05, 3.63) is 35.9 Å². The predicted octanol–water partition coefficient (Wildman–Crippen LogP) is 3.04. The maximum atomic E-state index is 11.9. The van der Waals surface area contributed by atoms with E-state index in [1.54, 1.807) is 0 Å². The van der Waals surface area contributed by atoms with Gasteiger partial charge in [0.25, 0.3) is 0 Å². The number of aliphatic hydroxyl groups is 1. The Labute approximate surface area is 103 Å². The van der Waals surface area contributed by atoms with Crippen LogP contribution >= 0.6 is 0 Å². The summed E-state index contributed by atoms with van der Waals surface area (Å²) in [4.78, 5) is 11.9. The molecule has 0 aliphatic heterocycles. The first-order valence-corrected chi connectivity index (χ1v) is 6.44. The van der Waals surface area contributed by atoms with E-state index in [2.05, 4.69) is 0 Å². The lowest BCUT2D eigenvalue weighted by atomic mass is 9.71. The highest BCUT2D eigenvalue weighted by molar-refractivity contribution is 5.86. The van der Waals surface area contributed by atoms with Crippen molar-refractivity contribution >= 4 is 5.78 Å². The second kappa shape index (κ2) is 5.01. The zero-order valence-electron chi connectivity index (χ0n) is 10.4. The second-order valence-corrected chi connectivity index (χ2v) is 5.02. The molecule has 0 radical (unpaired) electrons. The van der Waals surface area contributed by atoms with Crippen LogP contribution < -0.4 is 0 Å². The van der Waals surface area contributed by atoms with Gasteiger partial charge in [0.15, 0.2) is 11.4 Å². The molecule has 1 aliphatic rings.